The molecule has 0 spiro atoms. The fourth-order valence-electron chi connectivity index (χ4n) is 3.86. The summed E-state index contributed by atoms with van der Waals surface area (Å²) in [6.45, 7) is 0.673. The Morgan fingerprint density at radius 1 is 0.613 bits per heavy atom. The lowest BCUT2D eigenvalue weighted by Crippen LogP contribution is -2.66. The van der Waals surface area contributed by atoms with Crippen molar-refractivity contribution < 1.29 is 14.2 Å². The van der Waals surface area contributed by atoms with Crippen molar-refractivity contribution >= 4 is 22.5 Å². The van der Waals surface area contributed by atoms with Gasteiger partial charge in [0, 0.05) is 0 Å². The van der Waals surface area contributed by atoms with Gasteiger partial charge in [-0.3, -0.25) is 10.7 Å². The van der Waals surface area contributed by atoms with Crippen LogP contribution in [0, 0.1) is 11.7 Å². The number of methoxy groups -OCH3 is 3. The fourth-order valence-corrected chi connectivity index (χ4v) is 3.86. The van der Waals surface area contributed by atoms with Gasteiger partial charge < -0.3 is 14.2 Å². The molecule has 0 fully saturated rings. The van der Waals surface area contributed by atoms with E-state index in [2.05, 4.69) is 53.0 Å². The van der Waals surface area contributed by atoms with Crippen molar-refractivity contribution in [2.24, 2.45) is 0 Å². The molecule has 3 aromatic rings. The van der Waals surface area contributed by atoms with Crippen molar-refractivity contribution in [1.82, 2.24) is 4.90 Å². The van der Waals surface area contributed by atoms with Crippen LogP contribution >= 0.6 is 0 Å². The molecule has 0 bridgehead atoms. The normalized spacial score (nSPS) is 10.9. The number of ether oxygens (including phenoxy) is 3. The standard InChI is InChI=1S/C26H29BNO3/c1-28(2)20-6-19-27(21-7-13-24(29-3)14-8-21,22-9-15-25(30-4)16-10-22)23-11-17-26(31-5)18-12-23/h7-18H,20H2,1-5H3/q-1. The fraction of sp³-hybridized carbons (Fsp3) is 0.231. The molecule has 0 saturated carbocycles. The van der Waals surface area contributed by atoms with Crippen LogP contribution in [-0.4, -0.2) is 53.0 Å². The Balaban J connectivity index is 2.29. The largest absolute Gasteiger partial charge is 0.497 e. The summed E-state index contributed by atoms with van der Waals surface area (Å²) in [5, 5.41) is 0. The molecule has 0 atom stereocenters. The lowest BCUT2D eigenvalue weighted by Gasteiger charge is -2.39. The highest BCUT2D eigenvalue weighted by Crippen LogP contribution is 2.16. The second-order valence-electron chi connectivity index (χ2n) is 7.74. The van der Waals surface area contributed by atoms with E-state index in [-0.39, 0.29) is 0 Å². The van der Waals surface area contributed by atoms with E-state index < -0.39 is 6.15 Å². The summed E-state index contributed by atoms with van der Waals surface area (Å²) < 4.78 is 16.2. The number of hydrogen-bond donors (Lipinski definition) is 0. The van der Waals surface area contributed by atoms with Crippen LogP contribution in [0.4, 0.5) is 0 Å². The van der Waals surface area contributed by atoms with Crippen LogP contribution in [0.1, 0.15) is 0 Å². The highest BCUT2D eigenvalue weighted by atomic mass is 16.5. The van der Waals surface area contributed by atoms with Crippen LogP contribution < -0.4 is 30.6 Å². The van der Waals surface area contributed by atoms with Crippen LogP contribution in [0.2, 0.25) is 0 Å². The van der Waals surface area contributed by atoms with E-state index >= 15 is 0 Å². The molecule has 0 aromatic heterocycles. The SMILES string of the molecule is COc1ccc([B-](C#CCN(C)C)(c2ccc(OC)cc2)c2ccc(OC)cc2)cc1. The lowest BCUT2D eigenvalue weighted by molar-refractivity contribution is 0.415. The first-order chi connectivity index (χ1) is 15.0. The molecule has 0 unspecified atom stereocenters. The van der Waals surface area contributed by atoms with Crippen molar-refractivity contribution in [3.8, 4) is 29.0 Å². The molecule has 4 nitrogen and oxygen atoms in total. The molecule has 0 aliphatic carbocycles. The van der Waals surface area contributed by atoms with Crippen LogP contribution in [-0.2, 0) is 0 Å². The van der Waals surface area contributed by atoms with Crippen molar-refractivity contribution in [3.05, 3.63) is 72.8 Å². The summed E-state index contributed by atoms with van der Waals surface area (Å²) >= 11 is 0. The number of benzene rings is 3. The van der Waals surface area contributed by atoms with E-state index in [1.165, 1.54) is 0 Å². The second kappa shape index (κ2) is 10.1. The van der Waals surface area contributed by atoms with E-state index in [4.69, 9.17) is 14.2 Å². The van der Waals surface area contributed by atoms with Gasteiger partial charge in [-0.2, -0.15) is 16.4 Å². The molecule has 0 heterocycles. The van der Waals surface area contributed by atoms with Gasteiger partial charge in [0.2, 0.25) is 0 Å². The predicted octanol–water partition coefficient (Wildman–Crippen LogP) is 2.29. The Morgan fingerprint density at radius 2 is 0.935 bits per heavy atom. The minimum Gasteiger partial charge on any atom is -0.497 e. The third-order valence-electron chi connectivity index (χ3n) is 5.56. The smallest absolute Gasteiger partial charge is 0.149 e. The number of rotatable bonds is 7. The Labute approximate surface area is 185 Å². The Kier molecular flexibility index (Phi) is 7.28. The average molecular weight is 414 g/mol. The molecule has 0 saturated heterocycles. The van der Waals surface area contributed by atoms with E-state index in [0.717, 1.165) is 33.6 Å². The summed E-state index contributed by atoms with van der Waals surface area (Å²) in [4.78, 5) is 2.07. The van der Waals surface area contributed by atoms with Gasteiger partial charge in [-0.05, 0) is 50.5 Å². The van der Waals surface area contributed by atoms with Crippen LogP contribution in [0.15, 0.2) is 72.8 Å². The molecule has 3 rings (SSSR count). The topological polar surface area (TPSA) is 30.9 Å². The molecule has 5 heteroatoms. The van der Waals surface area contributed by atoms with Gasteiger partial charge in [-0.25, -0.2) is 0 Å². The molecular weight excluding hydrogens is 385 g/mol. The maximum Gasteiger partial charge on any atom is 0.149 e. The first-order valence-corrected chi connectivity index (χ1v) is 10.3. The molecule has 0 aliphatic heterocycles. The molecule has 0 radical (unpaired) electrons. The number of nitrogens with zero attached hydrogens (tertiary/aromatic N) is 1. The van der Waals surface area contributed by atoms with Gasteiger partial charge in [0.25, 0.3) is 0 Å². The highest BCUT2D eigenvalue weighted by Gasteiger charge is 2.28. The van der Waals surface area contributed by atoms with E-state index in [0.29, 0.717) is 6.54 Å². The molecule has 31 heavy (non-hydrogen) atoms. The zero-order valence-corrected chi connectivity index (χ0v) is 18.9. The lowest BCUT2D eigenvalue weighted by atomic mass is 9.16. The quantitative estimate of drug-likeness (QED) is 0.439. The summed E-state index contributed by atoms with van der Waals surface area (Å²) in [5.41, 5.74) is 3.38. The highest BCUT2D eigenvalue weighted by molar-refractivity contribution is 7.16. The monoisotopic (exact) mass is 414 g/mol. The van der Waals surface area contributed by atoms with Gasteiger partial charge in [-0.1, -0.05) is 36.4 Å². The maximum atomic E-state index is 5.40. The third kappa shape index (κ3) is 4.87. The Hall–Kier alpha value is -3.36. The minimum absolute atomic E-state index is 0.673. The summed E-state index contributed by atoms with van der Waals surface area (Å²) in [6.07, 6.45) is -1.56. The van der Waals surface area contributed by atoms with Crippen LogP contribution in [0.5, 0.6) is 17.2 Å². The summed E-state index contributed by atoms with van der Waals surface area (Å²) in [6, 6.07) is 24.6. The summed E-state index contributed by atoms with van der Waals surface area (Å²) in [7, 11) is 9.08. The van der Waals surface area contributed by atoms with Gasteiger partial charge in [0.15, 0.2) is 0 Å². The predicted molar refractivity (Wildman–Crippen MR) is 130 cm³/mol. The van der Waals surface area contributed by atoms with Crippen LogP contribution in [0.3, 0.4) is 0 Å². The molecular formula is C26H29BNO3-. The maximum absolute atomic E-state index is 5.40. The van der Waals surface area contributed by atoms with Crippen molar-refractivity contribution in [2.45, 2.75) is 0 Å². The minimum atomic E-state index is -1.56. The van der Waals surface area contributed by atoms with E-state index in [1.807, 2.05) is 50.5 Å². The van der Waals surface area contributed by atoms with Gasteiger partial charge >= 0.3 is 0 Å². The zero-order valence-electron chi connectivity index (χ0n) is 18.9. The average Bonchev–Trinajstić information content (AvgIpc) is 2.82. The molecule has 0 aliphatic rings. The van der Waals surface area contributed by atoms with E-state index in [1.54, 1.807) is 21.3 Å². The molecule has 3 aromatic carbocycles. The van der Waals surface area contributed by atoms with Crippen LogP contribution in [0.25, 0.3) is 0 Å². The summed E-state index contributed by atoms with van der Waals surface area (Å²) in [5.74, 6) is 9.55. The van der Waals surface area contributed by atoms with Crippen molar-refractivity contribution in [2.75, 3.05) is 42.0 Å². The molecule has 0 N–H and O–H groups in total. The van der Waals surface area contributed by atoms with Crippen molar-refractivity contribution in [3.63, 3.8) is 0 Å². The van der Waals surface area contributed by atoms with Gasteiger partial charge in [0.05, 0.1) is 27.9 Å². The first-order valence-electron chi connectivity index (χ1n) is 10.3. The first kappa shape index (κ1) is 22.3. The number of hydrogen-bond acceptors (Lipinski definition) is 4. The molecule has 160 valence electrons. The Bertz CT molecular complexity index is 918. The zero-order chi connectivity index (χ0) is 22.3. The van der Waals surface area contributed by atoms with Gasteiger partial charge in [-0.15, -0.1) is 5.92 Å². The van der Waals surface area contributed by atoms with Gasteiger partial charge in [0.1, 0.15) is 23.4 Å². The second-order valence-corrected chi connectivity index (χ2v) is 7.74. The Morgan fingerprint density at radius 3 is 1.19 bits per heavy atom. The molecule has 0 amide bonds. The third-order valence-corrected chi connectivity index (χ3v) is 5.56. The van der Waals surface area contributed by atoms with E-state index in [9.17, 15) is 0 Å². The van der Waals surface area contributed by atoms with Crippen molar-refractivity contribution in [1.29, 1.82) is 0 Å².